The Hall–Kier alpha value is -2.66. The molecule has 7 nitrogen and oxygen atoms in total. The summed E-state index contributed by atoms with van der Waals surface area (Å²) in [5.74, 6) is -1.19. The fourth-order valence-electron chi connectivity index (χ4n) is 2.68. The summed E-state index contributed by atoms with van der Waals surface area (Å²) in [6.07, 6.45) is 0.200. The van der Waals surface area contributed by atoms with Crippen molar-refractivity contribution in [2.24, 2.45) is 5.92 Å². The lowest BCUT2D eigenvalue weighted by Crippen LogP contribution is -2.36. The van der Waals surface area contributed by atoms with Crippen molar-refractivity contribution >= 4 is 17.5 Å². The first kappa shape index (κ1) is 18.7. The molecule has 0 unspecified atom stereocenters. The predicted octanol–water partition coefficient (Wildman–Crippen LogP) is 0.720. The van der Waals surface area contributed by atoms with Crippen molar-refractivity contribution in [3.8, 4) is 6.07 Å². The van der Waals surface area contributed by atoms with Gasteiger partial charge in [-0.2, -0.15) is 5.26 Å². The number of nitrogens with zero attached hydrogens (tertiary/aromatic N) is 2. The highest BCUT2D eigenvalue weighted by atomic mass is 19.1. The van der Waals surface area contributed by atoms with Gasteiger partial charge in [-0.1, -0.05) is 6.07 Å². The molecule has 1 aromatic rings. The molecule has 0 bridgehead atoms. The van der Waals surface area contributed by atoms with Crippen LogP contribution in [0.15, 0.2) is 18.2 Å². The molecule has 1 aliphatic heterocycles. The van der Waals surface area contributed by atoms with Crippen molar-refractivity contribution in [3.63, 3.8) is 0 Å². The minimum Gasteiger partial charge on any atom is -0.383 e. The molecule has 1 fully saturated rings. The van der Waals surface area contributed by atoms with Gasteiger partial charge in [-0.3, -0.25) is 9.59 Å². The SMILES string of the molecule is COCCN1C[C@H](C(=O)NCCNc2cccc(F)c2C#N)CC1=O. The van der Waals surface area contributed by atoms with E-state index in [2.05, 4.69) is 10.6 Å². The highest BCUT2D eigenvalue weighted by Gasteiger charge is 2.33. The summed E-state index contributed by atoms with van der Waals surface area (Å²) in [6, 6.07) is 6.14. The molecule has 1 aromatic carbocycles. The van der Waals surface area contributed by atoms with Gasteiger partial charge < -0.3 is 20.3 Å². The lowest BCUT2D eigenvalue weighted by molar-refractivity contribution is -0.129. The van der Waals surface area contributed by atoms with E-state index in [0.717, 1.165) is 0 Å². The molecule has 1 aliphatic rings. The third-order valence-electron chi connectivity index (χ3n) is 4.02. The van der Waals surface area contributed by atoms with Gasteiger partial charge in [0.15, 0.2) is 0 Å². The van der Waals surface area contributed by atoms with E-state index in [1.54, 1.807) is 24.1 Å². The van der Waals surface area contributed by atoms with E-state index in [1.807, 2.05) is 0 Å². The van der Waals surface area contributed by atoms with Gasteiger partial charge in [0.2, 0.25) is 11.8 Å². The number of hydrogen-bond acceptors (Lipinski definition) is 5. The molecule has 8 heteroatoms. The molecule has 2 N–H and O–H groups in total. The number of methoxy groups -OCH3 is 1. The second-order valence-electron chi connectivity index (χ2n) is 5.73. The number of nitriles is 1. The van der Waals surface area contributed by atoms with Crippen LogP contribution >= 0.6 is 0 Å². The van der Waals surface area contributed by atoms with Crippen molar-refractivity contribution in [2.45, 2.75) is 6.42 Å². The molecular weight excluding hydrogens is 327 g/mol. The average molecular weight is 348 g/mol. The molecule has 134 valence electrons. The topological polar surface area (TPSA) is 94.5 Å². The van der Waals surface area contributed by atoms with Gasteiger partial charge in [-0.15, -0.1) is 0 Å². The number of hydrogen-bond donors (Lipinski definition) is 2. The third-order valence-corrected chi connectivity index (χ3v) is 4.02. The van der Waals surface area contributed by atoms with Gasteiger partial charge in [-0.25, -0.2) is 4.39 Å². The molecule has 0 aromatic heterocycles. The summed E-state index contributed by atoms with van der Waals surface area (Å²) >= 11 is 0. The standard InChI is InChI=1S/C17H21FN4O3/c1-25-8-7-22-11-12(9-16(22)23)17(24)21-6-5-20-15-4-2-3-14(18)13(15)10-19/h2-4,12,20H,5-9,11H2,1H3,(H,21,24)/t12-/m1/s1. The van der Waals surface area contributed by atoms with Crippen molar-refractivity contribution < 1.29 is 18.7 Å². The van der Waals surface area contributed by atoms with Crippen molar-refractivity contribution in [2.75, 3.05) is 45.2 Å². The number of halogens is 1. The zero-order valence-electron chi connectivity index (χ0n) is 14.0. The Morgan fingerprint density at radius 3 is 3.00 bits per heavy atom. The van der Waals surface area contributed by atoms with Crippen LogP contribution < -0.4 is 10.6 Å². The maximum Gasteiger partial charge on any atom is 0.225 e. The van der Waals surface area contributed by atoms with Crippen molar-refractivity contribution in [1.29, 1.82) is 5.26 Å². The Kier molecular flexibility index (Phi) is 6.71. The molecular formula is C17H21FN4O3. The van der Waals surface area contributed by atoms with E-state index in [0.29, 0.717) is 38.5 Å². The van der Waals surface area contributed by atoms with E-state index < -0.39 is 5.82 Å². The van der Waals surface area contributed by atoms with Gasteiger partial charge >= 0.3 is 0 Å². The van der Waals surface area contributed by atoms with Crippen LogP contribution in [-0.2, 0) is 14.3 Å². The van der Waals surface area contributed by atoms with E-state index in [-0.39, 0.29) is 29.7 Å². The van der Waals surface area contributed by atoms with Gasteiger partial charge in [0, 0.05) is 39.7 Å². The minimum absolute atomic E-state index is 0.0475. The molecule has 25 heavy (non-hydrogen) atoms. The highest BCUT2D eigenvalue weighted by Crippen LogP contribution is 2.18. The quantitative estimate of drug-likeness (QED) is 0.675. The van der Waals surface area contributed by atoms with Crippen molar-refractivity contribution in [1.82, 2.24) is 10.2 Å². The zero-order valence-corrected chi connectivity index (χ0v) is 14.0. The molecule has 1 heterocycles. The fraction of sp³-hybridized carbons (Fsp3) is 0.471. The molecule has 0 spiro atoms. The highest BCUT2D eigenvalue weighted by molar-refractivity contribution is 5.89. The Balaban J connectivity index is 1.76. The summed E-state index contributed by atoms with van der Waals surface area (Å²) < 4.78 is 18.4. The first-order valence-electron chi connectivity index (χ1n) is 8.03. The third kappa shape index (κ3) is 4.90. The molecule has 0 aliphatic carbocycles. The molecule has 1 atom stereocenters. The summed E-state index contributed by atoms with van der Waals surface area (Å²) in [4.78, 5) is 25.6. The normalized spacial score (nSPS) is 16.6. The number of amides is 2. The van der Waals surface area contributed by atoms with Crippen LogP contribution in [-0.4, -0.2) is 56.6 Å². The molecule has 1 saturated heterocycles. The first-order valence-corrected chi connectivity index (χ1v) is 8.03. The van der Waals surface area contributed by atoms with Crippen LogP contribution in [0.2, 0.25) is 0 Å². The Labute approximate surface area is 145 Å². The maximum absolute atomic E-state index is 13.5. The van der Waals surface area contributed by atoms with Gasteiger partial charge in [0.1, 0.15) is 17.4 Å². The van der Waals surface area contributed by atoms with Crippen LogP contribution in [0.25, 0.3) is 0 Å². The smallest absolute Gasteiger partial charge is 0.225 e. The molecule has 0 saturated carbocycles. The van der Waals surface area contributed by atoms with E-state index in [4.69, 9.17) is 10.00 Å². The summed E-state index contributed by atoms with van der Waals surface area (Å²) in [7, 11) is 1.56. The summed E-state index contributed by atoms with van der Waals surface area (Å²) in [5.41, 5.74) is 0.336. The number of rotatable bonds is 8. The van der Waals surface area contributed by atoms with Crippen LogP contribution in [0.4, 0.5) is 10.1 Å². The fourth-order valence-corrected chi connectivity index (χ4v) is 2.68. The summed E-state index contributed by atoms with van der Waals surface area (Å²) in [6.45, 7) is 1.97. The number of carbonyl (C=O) groups excluding carboxylic acids is 2. The van der Waals surface area contributed by atoms with Gasteiger partial charge in [-0.05, 0) is 12.1 Å². The lowest BCUT2D eigenvalue weighted by Gasteiger charge is -2.16. The van der Waals surface area contributed by atoms with Gasteiger partial charge in [0.05, 0.1) is 18.2 Å². The summed E-state index contributed by atoms with van der Waals surface area (Å²) in [5, 5.41) is 14.6. The van der Waals surface area contributed by atoms with E-state index in [9.17, 15) is 14.0 Å². The molecule has 2 rings (SSSR count). The van der Waals surface area contributed by atoms with Crippen LogP contribution in [0, 0.1) is 23.1 Å². The number of likely N-dealkylation sites (tertiary alicyclic amines) is 1. The second kappa shape index (κ2) is 8.99. The monoisotopic (exact) mass is 348 g/mol. The molecule has 2 amide bonds. The van der Waals surface area contributed by atoms with Crippen LogP contribution in [0.5, 0.6) is 0 Å². The Morgan fingerprint density at radius 1 is 1.48 bits per heavy atom. The van der Waals surface area contributed by atoms with Crippen molar-refractivity contribution in [3.05, 3.63) is 29.6 Å². The number of anilines is 1. The zero-order chi connectivity index (χ0) is 18.2. The van der Waals surface area contributed by atoms with Gasteiger partial charge in [0.25, 0.3) is 0 Å². The minimum atomic E-state index is -0.586. The average Bonchev–Trinajstić information content (AvgIpc) is 2.97. The maximum atomic E-state index is 13.5. The predicted molar refractivity (Wildman–Crippen MR) is 89.2 cm³/mol. The molecule has 0 radical (unpaired) electrons. The van der Waals surface area contributed by atoms with Crippen LogP contribution in [0.1, 0.15) is 12.0 Å². The number of nitrogens with one attached hydrogen (secondary N) is 2. The number of ether oxygens (including phenoxy) is 1. The lowest BCUT2D eigenvalue weighted by atomic mass is 10.1. The van der Waals surface area contributed by atoms with Crippen LogP contribution in [0.3, 0.4) is 0 Å². The van der Waals surface area contributed by atoms with E-state index in [1.165, 1.54) is 12.1 Å². The second-order valence-corrected chi connectivity index (χ2v) is 5.73. The number of carbonyl (C=O) groups is 2. The van der Waals surface area contributed by atoms with E-state index >= 15 is 0 Å². The first-order chi connectivity index (χ1) is 12.1. The Morgan fingerprint density at radius 2 is 2.28 bits per heavy atom. The Bertz CT molecular complexity index is 674. The largest absolute Gasteiger partial charge is 0.383 e. The number of benzene rings is 1.